The first kappa shape index (κ1) is 10.5. The van der Waals surface area contributed by atoms with Gasteiger partial charge in [0.2, 0.25) is 10.9 Å². The third kappa shape index (κ3) is 8.53. The molecule has 3 nitrogen and oxygen atoms in total. The van der Waals surface area contributed by atoms with Crippen LogP contribution in [0.3, 0.4) is 0 Å². The quantitative estimate of drug-likeness (QED) is 0.346. The fourth-order valence-electron chi connectivity index (χ4n) is 0.539. The van der Waals surface area contributed by atoms with Gasteiger partial charge in [-0.05, 0) is 6.42 Å². The van der Waals surface area contributed by atoms with E-state index in [1.807, 2.05) is 0 Å². The van der Waals surface area contributed by atoms with Gasteiger partial charge in [0.05, 0.1) is 0 Å². The lowest BCUT2D eigenvalue weighted by atomic mass is 10.3. The first-order chi connectivity index (χ1) is 4.56. The summed E-state index contributed by atoms with van der Waals surface area (Å²) in [6.07, 6.45) is 3.12. The van der Waals surface area contributed by atoms with Gasteiger partial charge in [-0.25, -0.2) is 0 Å². The number of unbranched alkanes of at least 4 members (excludes halogenated alkanes) is 2. The monoisotopic (exact) mass is 185 g/mol. The highest BCUT2D eigenvalue weighted by molar-refractivity contribution is 8.16. The molecule has 0 bridgehead atoms. The molecule has 0 atom stereocenters. The van der Waals surface area contributed by atoms with Crippen molar-refractivity contribution in [3.8, 4) is 0 Å². The fourth-order valence-corrected chi connectivity index (χ4v) is 2.24. The minimum absolute atomic E-state index is 0.630. The van der Waals surface area contributed by atoms with Crippen molar-refractivity contribution in [2.75, 3.05) is 5.75 Å². The van der Waals surface area contributed by atoms with Crippen LogP contribution in [0.15, 0.2) is 0 Å². The Balaban J connectivity index is 3.35. The van der Waals surface area contributed by atoms with Crippen LogP contribution in [0, 0.1) is 0 Å². The highest BCUT2D eigenvalue weighted by Gasteiger charge is 2.17. The highest BCUT2D eigenvalue weighted by atomic mass is 32.5. The van der Waals surface area contributed by atoms with Crippen molar-refractivity contribution in [3.63, 3.8) is 0 Å². The molecular weight excluding hydrogens is 171 g/mol. The summed E-state index contributed by atoms with van der Waals surface area (Å²) in [5, 5.41) is 0. The van der Waals surface area contributed by atoms with Crippen LogP contribution in [0.25, 0.3) is 0 Å². The molecule has 0 fully saturated rings. The summed E-state index contributed by atoms with van der Waals surface area (Å²) in [5.74, 6) is 0.630. The lowest BCUT2D eigenvalue weighted by Gasteiger charge is -1.87. The standard InChI is InChI=1S/C5H14O3PS/c1-2-3-4-5-10-9(6,7)8/h6-8H,2-5H2,1H3/q+1. The first-order valence-corrected chi connectivity index (χ1v) is 6.52. The zero-order valence-electron chi connectivity index (χ0n) is 6.03. The summed E-state index contributed by atoms with van der Waals surface area (Å²) in [5.41, 5.74) is 0. The normalized spacial score (nSPS) is 11.6. The lowest BCUT2D eigenvalue weighted by Crippen LogP contribution is -1.85. The molecule has 0 aliphatic carbocycles. The highest BCUT2D eigenvalue weighted by Crippen LogP contribution is 2.30. The summed E-state index contributed by atoms with van der Waals surface area (Å²) in [6.45, 7) is -1.47. The van der Waals surface area contributed by atoms with E-state index in [2.05, 4.69) is 6.92 Å². The Morgan fingerprint density at radius 1 is 1.20 bits per heavy atom. The maximum absolute atomic E-state index is 8.50. The SMILES string of the molecule is CCCCC[S+]=P(O)(O)O. The Morgan fingerprint density at radius 2 is 1.80 bits per heavy atom. The van der Waals surface area contributed by atoms with Crippen molar-refractivity contribution in [2.45, 2.75) is 26.2 Å². The second-order valence-electron chi connectivity index (χ2n) is 2.05. The van der Waals surface area contributed by atoms with Crippen molar-refractivity contribution < 1.29 is 14.7 Å². The van der Waals surface area contributed by atoms with Crippen LogP contribution in [0.2, 0.25) is 0 Å². The van der Waals surface area contributed by atoms with Gasteiger partial charge >= 0.3 is 6.72 Å². The van der Waals surface area contributed by atoms with Crippen LogP contribution < -0.4 is 0 Å². The molecule has 0 aromatic heterocycles. The smallest absolute Gasteiger partial charge is 0.290 e. The molecule has 0 saturated carbocycles. The Bertz CT molecular complexity index is 123. The molecule has 0 radical (unpaired) electrons. The van der Waals surface area contributed by atoms with E-state index < -0.39 is 6.72 Å². The molecule has 0 unspecified atom stereocenters. The Hall–Kier alpha value is 0.530. The molecule has 0 aliphatic rings. The summed E-state index contributed by atoms with van der Waals surface area (Å²) < 4.78 is 0. The first-order valence-electron chi connectivity index (χ1n) is 3.28. The molecule has 0 amide bonds. The minimum atomic E-state index is -3.54. The van der Waals surface area contributed by atoms with E-state index in [4.69, 9.17) is 14.7 Å². The fraction of sp³-hybridized carbons (Fsp3) is 1.00. The van der Waals surface area contributed by atoms with Gasteiger partial charge in [-0.15, -0.1) is 0 Å². The molecule has 0 heterocycles. The molecule has 0 aromatic rings. The van der Waals surface area contributed by atoms with E-state index >= 15 is 0 Å². The van der Waals surface area contributed by atoms with Gasteiger partial charge in [-0.3, -0.25) is 14.7 Å². The van der Waals surface area contributed by atoms with Crippen molar-refractivity contribution in [1.29, 1.82) is 0 Å². The number of hydrogen-bond donors (Lipinski definition) is 3. The molecular formula is C5H14O3PS+. The minimum Gasteiger partial charge on any atom is -0.290 e. The van der Waals surface area contributed by atoms with E-state index in [-0.39, 0.29) is 0 Å². The average molecular weight is 185 g/mol. The Kier molecular flexibility index (Phi) is 5.49. The third-order valence-electron chi connectivity index (χ3n) is 1.01. The van der Waals surface area contributed by atoms with Gasteiger partial charge in [-0.1, -0.05) is 13.3 Å². The average Bonchev–Trinajstić information content (AvgIpc) is 1.78. The Morgan fingerprint density at radius 3 is 2.20 bits per heavy atom. The van der Waals surface area contributed by atoms with E-state index in [1.54, 1.807) is 0 Å². The second kappa shape index (κ2) is 5.22. The topological polar surface area (TPSA) is 60.7 Å². The molecule has 0 spiro atoms. The number of rotatable bonds is 4. The molecule has 0 aromatic carbocycles. The molecule has 0 rings (SSSR count). The molecule has 0 aliphatic heterocycles. The van der Waals surface area contributed by atoms with Crippen molar-refractivity contribution >= 4 is 17.7 Å². The van der Waals surface area contributed by atoms with Crippen molar-refractivity contribution in [1.82, 2.24) is 0 Å². The number of hydrogen-bond acceptors (Lipinski definition) is 0. The lowest BCUT2D eigenvalue weighted by molar-refractivity contribution is 0.363. The largest absolute Gasteiger partial charge is 0.515 e. The van der Waals surface area contributed by atoms with Gasteiger partial charge in [-0.2, -0.15) is 0 Å². The van der Waals surface area contributed by atoms with E-state index in [1.165, 1.54) is 0 Å². The summed E-state index contributed by atoms with van der Waals surface area (Å²) in [6, 6.07) is 0. The third-order valence-corrected chi connectivity index (χ3v) is 3.42. The van der Waals surface area contributed by atoms with Crippen molar-refractivity contribution in [3.05, 3.63) is 0 Å². The van der Waals surface area contributed by atoms with Gasteiger partial charge in [0.15, 0.2) is 5.75 Å². The summed E-state index contributed by atoms with van der Waals surface area (Å²) in [4.78, 5) is 25.5. The maximum Gasteiger partial charge on any atom is 0.515 e. The molecule has 10 heavy (non-hydrogen) atoms. The van der Waals surface area contributed by atoms with Gasteiger partial charge in [0.25, 0.3) is 0 Å². The van der Waals surface area contributed by atoms with E-state index in [0.29, 0.717) is 5.75 Å². The van der Waals surface area contributed by atoms with Crippen molar-refractivity contribution in [2.24, 2.45) is 0 Å². The van der Waals surface area contributed by atoms with Crippen LogP contribution in [0.5, 0.6) is 0 Å². The van der Waals surface area contributed by atoms with E-state index in [9.17, 15) is 0 Å². The predicted octanol–water partition coefficient (Wildman–Crippen LogP) is 0.914. The van der Waals surface area contributed by atoms with Crippen LogP contribution >= 0.6 is 6.72 Å². The zero-order valence-corrected chi connectivity index (χ0v) is 7.74. The molecule has 0 saturated heterocycles. The van der Waals surface area contributed by atoms with Crippen LogP contribution in [-0.2, 0) is 10.9 Å². The van der Waals surface area contributed by atoms with Crippen LogP contribution in [-0.4, -0.2) is 20.4 Å². The molecule has 3 N–H and O–H groups in total. The van der Waals surface area contributed by atoms with Gasteiger partial charge in [0.1, 0.15) is 0 Å². The second-order valence-corrected chi connectivity index (χ2v) is 5.99. The zero-order chi connectivity index (χ0) is 8.04. The van der Waals surface area contributed by atoms with Crippen LogP contribution in [0.4, 0.5) is 0 Å². The van der Waals surface area contributed by atoms with E-state index in [0.717, 1.165) is 30.2 Å². The van der Waals surface area contributed by atoms with Gasteiger partial charge in [0, 0.05) is 6.42 Å². The summed E-state index contributed by atoms with van der Waals surface area (Å²) >= 11 is 0. The molecule has 5 heteroatoms. The van der Waals surface area contributed by atoms with Gasteiger partial charge < -0.3 is 0 Å². The Labute approximate surface area is 64.9 Å². The van der Waals surface area contributed by atoms with Crippen LogP contribution in [0.1, 0.15) is 26.2 Å². The maximum atomic E-state index is 8.50. The molecule has 62 valence electrons. The summed E-state index contributed by atoms with van der Waals surface area (Å²) in [7, 11) is 0.851. The predicted molar refractivity (Wildman–Crippen MR) is 45.3 cm³/mol.